The van der Waals surface area contributed by atoms with Crippen LogP contribution in [0.3, 0.4) is 0 Å². The van der Waals surface area contributed by atoms with Crippen molar-refractivity contribution in [3.05, 3.63) is 89.3 Å². The maximum Gasteiger partial charge on any atom is 0.322 e. The van der Waals surface area contributed by atoms with E-state index in [0.717, 1.165) is 16.5 Å². The molecule has 0 radical (unpaired) electrons. The Hall–Kier alpha value is -3.84. The zero-order chi connectivity index (χ0) is 26.4. The quantitative estimate of drug-likeness (QED) is 0.294. The number of hydrogen-bond acceptors (Lipinski definition) is 5. The first-order valence-corrected chi connectivity index (χ1v) is 13.2. The minimum Gasteiger partial charge on any atom is -0.481 e. The van der Waals surface area contributed by atoms with Gasteiger partial charge in [-0.15, -0.1) is 5.92 Å². The van der Waals surface area contributed by atoms with Crippen molar-refractivity contribution in [1.29, 1.82) is 0 Å². The third-order valence-corrected chi connectivity index (χ3v) is 7.37. The van der Waals surface area contributed by atoms with Gasteiger partial charge in [-0.25, -0.2) is 8.42 Å². The number of rotatable bonds is 10. The fourth-order valence-corrected chi connectivity index (χ4v) is 5.25. The lowest BCUT2D eigenvalue weighted by Crippen LogP contribution is -2.42. The summed E-state index contributed by atoms with van der Waals surface area (Å²) in [6, 6.07) is 13.4. The number of aliphatic carboxylic acids is 1. The maximum atomic E-state index is 13.0. The van der Waals surface area contributed by atoms with Crippen molar-refractivity contribution in [2.24, 2.45) is 0 Å². The molecule has 0 aliphatic rings. The molecule has 1 atom stereocenters. The first kappa shape index (κ1) is 26.2. The molecule has 0 spiro atoms. The fraction of sp³-hybridized carbons (Fsp3) is 0.185. The Bertz CT molecular complexity index is 1570. The van der Waals surface area contributed by atoms with Crippen LogP contribution in [0.4, 0.5) is 0 Å². The highest BCUT2D eigenvalue weighted by atomic mass is 35.5. The number of hydrogen-bond donors (Lipinski definition) is 2. The second-order valence-electron chi connectivity index (χ2n) is 8.21. The van der Waals surface area contributed by atoms with Gasteiger partial charge in [0.15, 0.2) is 0 Å². The van der Waals surface area contributed by atoms with E-state index in [1.165, 1.54) is 24.3 Å². The molecule has 0 aliphatic heterocycles. The molecule has 2 aromatic carbocycles. The number of benzene rings is 2. The molecule has 0 saturated heterocycles. The minimum atomic E-state index is -4.13. The van der Waals surface area contributed by atoms with Gasteiger partial charge >= 0.3 is 5.97 Å². The highest BCUT2D eigenvalue weighted by Gasteiger charge is 2.27. The lowest BCUT2D eigenvalue weighted by atomic mass is 10.1. The van der Waals surface area contributed by atoms with E-state index in [-0.39, 0.29) is 17.9 Å². The van der Waals surface area contributed by atoms with Gasteiger partial charge in [0.25, 0.3) is 0 Å². The van der Waals surface area contributed by atoms with E-state index >= 15 is 0 Å². The molecule has 0 saturated carbocycles. The molecule has 4 rings (SSSR count). The number of nitrogens with one attached hydrogen (secondary N) is 1. The molecule has 2 aromatic heterocycles. The third kappa shape index (κ3) is 6.49. The van der Waals surface area contributed by atoms with Gasteiger partial charge in [0.2, 0.25) is 10.0 Å². The molecule has 2 N–H and O–H groups in total. The highest BCUT2D eigenvalue weighted by molar-refractivity contribution is 7.89. The lowest BCUT2D eigenvalue weighted by molar-refractivity contribution is -0.138. The summed E-state index contributed by atoms with van der Waals surface area (Å²) in [6.45, 7) is 2.38. The van der Waals surface area contributed by atoms with Crippen molar-refractivity contribution in [3.63, 3.8) is 0 Å². The van der Waals surface area contributed by atoms with Crippen molar-refractivity contribution in [3.8, 4) is 17.6 Å². The van der Waals surface area contributed by atoms with Crippen LogP contribution in [0, 0.1) is 11.8 Å². The zero-order valence-electron chi connectivity index (χ0n) is 19.9. The zero-order valence-corrected chi connectivity index (χ0v) is 21.5. The van der Waals surface area contributed by atoms with Gasteiger partial charge in [0.05, 0.1) is 4.90 Å². The van der Waals surface area contributed by atoms with Crippen LogP contribution >= 0.6 is 11.6 Å². The van der Waals surface area contributed by atoms with E-state index in [2.05, 4.69) is 21.5 Å². The Morgan fingerprint density at radius 1 is 1.22 bits per heavy atom. The number of ether oxygens (including phenoxy) is 1. The van der Waals surface area contributed by atoms with E-state index in [9.17, 15) is 18.3 Å². The van der Waals surface area contributed by atoms with Crippen LogP contribution in [-0.2, 0) is 27.8 Å². The number of halogens is 1. The van der Waals surface area contributed by atoms with Gasteiger partial charge < -0.3 is 14.4 Å². The predicted octanol–water partition coefficient (Wildman–Crippen LogP) is 4.11. The van der Waals surface area contributed by atoms with Crippen LogP contribution in [0.25, 0.3) is 10.9 Å². The average molecular weight is 538 g/mol. The van der Waals surface area contributed by atoms with E-state index < -0.39 is 22.0 Å². The molecule has 4 aromatic rings. The minimum absolute atomic E-state index is 0.0743. The predicted molar refractivity (Wildman–Crippen MR) is 141 cm³/mol. The van der Waals surface area contributed by atoms with E-state index in [1.54, 1.807) is 31.5 Å². The Morgan fingerprint density at radius 2 is 2.00 bits per heavy atom. The summed E-state index contributed by atoms with van der Waals surface area (Å²) in [6.07, 6.45) is 5.18. The van der Waals surface area contributed by atoms with Gasteiger partial charge in [-0.05, 0) is 66.6 Å². The molecule has 10 heteroatoms. The van der Waals surface area contributed by atoms with Crippen molar-refractivity contribution in [2.75, 3.05) is 6.61 Å². The fourth-order valence-electron chi connectivity index (χ4n) is 3.89. The smallest absolute Gasteiger partial charge is 0.322 e. The Morgan fingerprint density at radius 3 is 2.68 bits per heavy atom. The molecule has 190 valence electrons. The summed E-state index contributed by atoms with van der Waals surface area (Å²) in [4.78, 5) is 16.2. The van der Waals surface area contributed by atoms with Crippen LogP contribution in [0.1, 0.15) is 18.1 Å². The van der Waals surface area contributed by atoms with Crippen molar-refractivity contribution >= 4 is 38.5 Å². The van der Waals surface area contributed by atoms with Gasteiger partial charge in [-0.2, -0.15) is 4.72 Å². The van der Waals surface area contributed by atoms with Crippen LogP contribution in [-0.4, -0.2) is 41.7 Å². The third-order valence-electron chi connectivity index (χ3n) is 5.64. The lowest BCUT2D eigenvalue weighted by Gasteiger charge is -2.15. The summed E-state index contributed by atoms with van der Waals surface area (Å²) in [5.74, 6) is 4.62. The topological polar surface area (TPSA) is 111 Å². The normalized spacial score (nSPS) is 12.1. The largest absolute Gasteiger partial charge is 0.481 e. The van der Waals surface area contributed by atoms with Crippen molar-refractivity contribution in [2.45, 2.75) is 30.8 Å². The van der Waals surface area contributed by atoms with Crippen LogP contribution in [0.2, 0.25) is 5.02 Å². The molecule has 0 amide bonds. The molecular formula is C27H24ClN3O5S. The van der Waals surface area contributed by atoms with E-state index in [1.807, 2.05) is 29.0 Å². The highest BCUT2D eigenvalue weighted by Crippen LogP contribution is 2.27. The molecule has 8 nitrogen and oxygen atoms in total. The maximum absolute atomic E-state index is 13.0. The number of sulfonamides is 1. The second kappa shape index (κ2) is 11.5. The van der Waals surface area contributed by atoms with Gasteiger partial charge in [-0.1, -0.05) is 23.6 Å². The molecule has 0 bridgehead atoms. The Kier molecular flexibility index (Phi) is 8.14. The van der Waals surface area contributed by atoms with Crippen LogP contribution in [0.15, 0.2) is 78.1 Å². The summed E-state index contributed by atoms with van der Waals surface area (Å²) in [7, 11) is -4.13. The number of carboxylic acid groups (broad SMARTS) is 1. The van der Waals surface area contributed by atoms with Gasteiger partial charge in [0, 0.05) is 47.5 Å². The van der Waals surface area contributed by atoms with Gasteiger partial charge in [0.1, 0.15) is 18.4 Å². The standard InChI is InChI=1S/C27H24ClN3O5S/c1-2-3-13-36-22-7-9-23(10-8-22)37(34,35)30-25(27(32)33)14-20-18-31(17-19-5-4-12-29-16-19)26-11-6-21(28)15-24(20)26/h4-12,15-16,18,25,30H,13-14,17H2,1H3,(H,32,33). The van der Waals surface area contributed by atoms with Crippen LogP contribution in [0.5, 0.6) is 5.75 Å². The first-order valence-electron chi connectivity index (χ1n) is 11.3. The molecular weight excluding hydrogens is 514 g/mol. The molecule has 0 aliphatic carbocycles. The monoisotopic (exact) mass is 537 g/mol. The Labute approximate surface area is 219 Å². The van der Waals surface area contributed by atoms with Crippen molar-refractivity contribution < 1.29 is 23.1 Å². The summed E-state index contributed by atoms with van der Waals surface area (Å²) in [5, 5.41) is 11.1. The number of fused-ring (bicyclic) bond motifs is 1. The Balaban J connectivity index is 1.59. The summed E-state index contributed by atoms with van der Waals surface area (Å²) in [5.41, 5.74) is 2.46. The summed E-state index contributed by atoms with van der Waals surface area (Å²) >= 11 is 6.23. The first-order chi connectivity index (χ1) is 17.8. The second-order valence-corrected chi connectivity index (χ2v) is 10.4. The number of aromatic nitrogens is 2. The number of carboxylic acids is 1. The number of nitrogens with zero attached hydrogens (tertiary/aromatic N) is 2. The van der Waals surface area contributed by atoms with E-state index in [4.69, 9.17) is 16.3 Å². The molecule has 1 unspecified atom stereocenters. The number of pyridine rings is 1. The molecule has 2 heterocycles. The van der Waals surface area contributed by atoms with Gasteiger partial charge in [-0.3, -0.25) is 9.78 Å². The summed E-state index contributed by atoms with van der Waals surface area (Å²) < 4.78 is 35.7. The average Bonchev–Trinajstić information content (AvgIpc) is 3.20. The molecule has 37 heavy (non-hydrogen) atoms. The van der Waals surface area contributed by atoms with Crippen molar-refractivity contribution in [1.82, 2.24) is 14.3 Å². The molecule has 0 fully saturated rings. The van der Waals surface area contributed by atoms with Crippen LogP contribution < -0.4 is 9.46 Å². The SMILES string of the molecule is CC#CCOc1ccc(S(=O)(=O)NC(Cc2cn(Cc3cccnc3)c3ccc(Cl)cc23)C(=O)O)cc1. The number of carbonyl (C=O) groups is 1. The van der Waals surface area contributed by atoms with E-state index in [0.29, 0.717) is 22.9 Å².